The number of carbonyl (C=O) groups is 5. The average molecular weight is 568 g/mol. The third-order valence-corrected chi connectivity index (χ3v) is 4.94. The maximum atomic E-state index is 12.7. The minimum atomic E-state index is -1.53. The van der Waals surface area contributed by atoms with Gasteiger partial charge in [-0.2, -0.15) is 17.7 Å². The summed E-state index contributed by atoms with van der Waals surface area (Å²) >= 11 is 5.94. The van der Waals surface area contributed by atoms with E-state index in [1.54, 1.807) is 12.1 Å². The van der Waals surface area contributed by atoms with Crippen LogP contribution in [-0.4, -0.2) is 74.5 Å². The first-order chi connectivity index (χ1) is 14.5. The predicted molar refractivity (Wildman–Crippen MR) is 119 cm³/mol. The molecule has 1 rings (SSSR count). The number of halogens is 1. The highest BCUT2D eigenvalue weighted by Crippen LogP contribution is 2.17. The highest BCUT2D eigenvalue weighted by Gasteiger charge is 2.34. The molecule has 1 aromatic rings. The number of benzene rings is 1. The average Bonchev–Trinajstić information content (AvgIpc) is 2.72. The number of thiol groups is 1. The lowest BCUT2D eigenvalue weighted by Gasteiger charge is -2.27. The number of anilines is 1. The molecule has 0 fully saturated rings. The van der Waals surface area contributed by atoms with Crippen LogP contribution in [0.25, 0.3) is 0 Å². The minimum Gasteiger partial charge on any atom is -0.480 e. The van der Waals surface area contributed by atoms with Gasteiger partial charge in [-0.05, 0) is 53.3 Å². The van der Waals surface area contributed by atoms with Crippen LogP contribution in [0.1, 0.15) is 12.8 Å². The molecule has 0 radical (unpaired) electrons. The van der Waals surface area contributed by atoms with Crippen molar-refractivity contribution in [2.24, 2.45) is 5.73 Å². The molecule has 31 heavy (non-hydrogen) atoms. The van der Waals surface area contributed by atoms with Crippen molar-refractivity contribution in [3.05, 3.63) is 27.8 Å². The molecule has 1 aromatic carbocycles. The number of hydrogen-bond acceptors (Lipinski definition) is 8. The molecule has 12 nitrogen and oxygen atoms in total. The summed E-state index contributed by atoms with van der Waals surface area (Å²) < 4.78 is 0.807. The van der Waals surface area contributed by atoms with Crippen molar-refractivity contribution in [2.45, 2.75) is 24.9 Å². The number of amides is 4. The highest BCUT2D eigenvalue weighted by molar-refractivity contribution is 14.1. The van der Waals surface area contributed by atoms with Crippen LogP contribution < -0.4 is 16.1 Å². The van der Waals surface area contributed by atoms with E-state index in [-0.39, 0.29) is 34.2 Å². The standard InChI is InChI=1S/C17H21IN4O8S/c18-9-1-3-10(4-2-9)22(30)17(29)21(7-14(24)25)15(26)12(8-31)20-13(23)6-5-11(19)16(27)28/h1-4,11-12,30-31H,5-8,19H2,(H,20,23)(H,24,25)(H,27,28). The number of nitrogens with zero attached hydrogens (tertiary/aromatic N) is 2. The van der Waals surface area contributed by atoms with Crippen LogP contribution in [-0.2, 0) is 19.2 Å². The lowest BCUT2D eigenvalue weighted by molar-refractivity contribution is -0.143. The molecular formula is C17H21IN4O8S. The molecule has 0 aliphatic heterocycles. The van der Waals surface area contributed by atoms with Gasteiger partial charge >= 0.3 is 18.0 Å². The normalized spacial score (nSPS) is 12.4. The van der Waals surface area contributed by atoms with Gasteiger partial charge in [-0.3, -0.25) is 24.4 Å². The summed E-state index contributed by atoms with van der Waals surface area (Å²) in [5, 5.41) is 30.3. The number of carboxylic acids is 2. The second-order valence-electron chi connectivity index (χ2n) is 6.17. The summed E-state index contributed by atoms with van der Waals surface area (Å²) in [7, 11) is 0. The van der Waals surface area contributed by atoms with Crippen LogP contribution in [0.3, 0.4) is 0 Å². The fourth-order valence-electron chi connectivity index (χ4n) is 2.23. The van der Waals surface area contributed by atoms with E-state index < -0.39 is 48.4 Å². The Balaban J connectivity index is 2.96. The van der Waals surface area contributed by atoms with Crippen LogP contribution in [0.5, 0.6) is 0 Å². The van der Waals surface area contributed by atoms with Crippen LogP contribution in [0.2, 0.25) is 0 Å². The molecular weight excluding hydrogens is 547 g/mol. The molecule has 2 atom stereocenters. The Labute approximate surface area is 195 Å². The molecule has 0 aromatic heterocycles. The number of imide groups is 1. The van der Waals surface area contributed by atoms with Gasteiger partial charge in [0.1, 0.15) is 18.6 Å². The summed E-state index contributed by atoms with van der Waals surface area (Å²) in [5.41, 5.74) is 5.30. The highest BCUT2D eigenvalue weighted by atomic mass is 127. The van der Waals surface area contributed by atoms with Gasteiger partial charge in [-0.25, -0.2) is 9.69 Å². The van der Waals surface area contributed by atoms with E-state index in [0.29, 0.717) is 0 Å². The van der Waals surface area contributed by atoms with Crippen molar-refractivity contribution in [1.82, 2.24) is 10.2 Å². The molecule has 0 saturated carbocycles. The number of hydrogen-bond donors (Lipinski definition) is 6. The first kappa shape index (κ1) is 26.6. The van der Waals surface area contributed by atoms with Gasteiger partial charge in [-0.1, -0.05) is 0 Å². The van der Waals surface area contributed by atoms with Crippen molar-refractivity contribution in [3.8, 4) is 0 Å². The van der Waals surface area contributed by atoms with Crippen molar-refractivity contribution in [3.63, 3.8) is 0 Å². The van der Waals surface area contributed by atoms with Gasteiger partial charge in [0.15, 0.2) is 0 Å². The topological polar surface area (TPSA) is 191 Å². The van der Waals surface area contributed by atoms with Crippen LogP contribution in [0.15, 0.2) is 24.3 Å². The van der Waals surface area contributed by atoms with Gasteiger partial charge in [0.2, 0.25) is 5.91 Å². The largest absolute Gasteiger partial charge is 0.480 e. The fourth-order valence-corrected chi connectivity index (χ4v) is 2.84. The van der Waals surface area contributed by atoms with Crippen molar-refractivity contribution in [1.29, 1.82) is 0 Å². The molecule has 0 bridgehead atoms. The summed E-state index contributed by atoms with van der Waals surface area (Å²) in [4.78, 5) is 59.5. The summed E-state index contributed by atoms with van der Waals surface area (Å²) in [6.07, 6.45) is -0.531. The van der Waals surface area contributed by atoms with E-state index in [4.69, 9.17) is 15.9 Å². The zero-order valence-corrected chi connectivity index (χ0v) is 19.0. The van der Waals surface area contributed by atoms with Crippen molar-refractivity contribution in [2.75, 3.05) is 17.4 Å². The maximum Gasteiger partial charge on any atom is 0.355 e. The van der Waals surface area contributed by atoms with Gasteiger partial charge in [-0.15, -0.1) is 0 Å². The van der Waals surface area contributed by atoms with Gasteiger partial charge in [0.05, 0.1) is 5.69 Å². The summed E-state index contributed by atoms with van der Waals surface area (Å²) in [6, 6.07) is 1.88. The number of carbonyl (C=O) groups excluding carboxylic acids is 3. The number of nitrogens with two attached hydrogens (primary N) is 1. The predicted octanol–water partition coefficient (Wildman–Crippen LogP) is 0.127. The second-order valence-corrected chi connectivity index (χ2v) is 7.79. The molecule has 0 spiro atoms. The fraction of sp³-hybridized carbons (Fsp3) is 0.353. The SMILES string of the molecule is NC(CCC(=O)NC(CS)C(=O)N(CC(=O)O)C(=O)N(O)c1ccc(I)cc1)C(=O)O. The third kappa shape index (κ3) is 8.31. The number of hydroxylamine groups is 1. The number of nitrogens with one attached hydrogen (secondary N) is 1. The number of urea groups is 1. The van der Waals surface area contributed by atoms with E-state index in [9.17, 15) is 29.2 Å². The van der Waals surface area contributed by atoms with Gasteiger partial charge < -0.3 is 21.3 Å². The molecule has 0 aliphatic rings. The Bertz CT molecular complexity index is 838. The second kappa shape index (κ2) is 12.4. The lowest BCUT2D eigenvalue weighted by Crippen LogP contribution is -2.55. The lowest BCUT2D eigenvalue weighted by atomic mass is 10.1. The molecule has 4 amide bonds. The molecule has 0 saturated heterocycles. The van der Waals surface area contributed by atoms with Crippen LogP contribution in [0.4, 0.5) is 10.5 Å². The van der Waals surface area contributed by atoms with E-state index >= 15 is 0 Å². The molecule has 6 N–H and O–H groups in total. The van der Waals surface area contributed by atoms with E-state index in [1.165, 1.54) is 12.1 Å². The zero-order chi connectivity index (χ0) is 23.7. The monoisotopic (exact) mass is 568 g/mol. The van der Waals surface area contributed by atoms with E-state index in [2.05, 4.69) is 17.9 Å². The molecule has 170 valence electrons. The summed E-state index contributed by atoms with van der Waals surface area (Å²) in [5.74, 6) is -5.00. The van der Waals surface area contributed by atoms with E-state index in [1.807, 2.05) is 22.6 Å². The van der Waals surface area contributed by atoms with Gasteiger partial charge in [0, 0.05) is 15.7 Å². The van der Waals surface area contributed by atoms with Crippen molar-refractivity contribution >= 4 is 70.7 Å². The van der Waals surface area contributed by atoms with Crippen molar-refractivity contribution < 1.29 is 39.4 Å². The Hall–Kier alpha value is -2.43. The first-order valence-corrected chi connectivity index (χ1v) is 10.4. The Morgan fingerprint density at radius 3 is 2.19 bits per heavy atom. The first-order valence-electron chi connectivity index (χ1n) is 8.68. The summed E-state index contributed by atoms with van der Waals surface area (Å²) in [6.45, 7) is -1.08. The number of carboxylic acid groups (broad SMARTS) is 2. The smallest absolute Gasteiger partial charge is 0.355 e. The van der Waals surface area contributed by atoms with Crippen LogP contribution in [0, 0.1) is 3.57 Å². The maximum absolute atomic E-state index is 12.7. The Morgan fingerprint density at radius 1 is 1.13 bits per heavy atom. The third-order valence-electron chi connectivity index (χ3n) is 3.86. The minimum absolute atomic E-state index is 0.0114. The molecule has 2 unspecified atom stereocenters. The van der Waals surface area contributed by atoms with E-state index in [0.717, 1.165) is 3.57 Å². The van der Waals surface area contributed by atoms with Gasteiger partial charge in [0.25, 0.3) is 5.91 Å². The Morgan fingerprint density at radius 2 is 1.71 bits per heavy atom. The van der Waals surface area contributed by atoms with Crippen LogP contribution >= 0.6 is 35.2 Å². The quantitative estimate of drug-likeness (QED) is 0.0986. The zero-order valence-electron chi connectivity index (χ0n) is 16.0. The molecule has 0 heterocycles. The Kier molecular flexibility index (Phi) is 10.7. The molecule has 0 aliphatic carbocycles. The molecule has 14 heteroatoms. The number of aliphatic carboxylic acids is 2. The number of rotatable bonds is 10.